The summed E-state index contributed by atoms with van der Waals surface area (Å²) in [5.41, 5.74) is 2.15. The molecule has 0 aliphatic heterocycles. The molecule has 2 rings (SSSR count). The molecule has 0 amide bonds. The van der Waals surface area contributed by atoms with Crippen LogP contribution < -0.4 is 15.5 Å². The molecule has 0 unspecified atom stereocenters. The molecule has 8 heteroatoms. The van der Waals surface area contributed by atoms with E-state index in [2.05, 4.69) is 30.2 Å². The van der Waals surface area contributed by atoms with Crippen LogP contribution in [-0.2, 0) is 20.1 Å². The Morgan fingerprint density at radius 1 is 1.36 bits per heavy atom. The van der Waals surface area contributed by atoms with Crippen LogP contribution >= 0.6 is 11.3 Å². The molecule has 2 N–H and O–H groups in total. The maximum Gasteiger partial charge on any atom is 0.204 e. The van der Waals surface area contributed by atoms with Gasteiger partial charge in [0.25, 0.3) is 0 Å². The largest absolute Gasteiger partial charge is 0.351 e. The Morgan fingerprint density at radius 3 is 2.64 bits per heavy atom. The molecule has 0 fully saturated rings. The standard InChI is InChI=1S/C14H23N7S/c1-10-9-22-12(19-10)8-17-13(15-2)16-6-11-7-18-14(20(3)4)21(11)5/h7,9H,6,8H2,1-5H3,(H2,15,16,17). The van der Waals surface area contributed by atoms with Gasteiger partial charge in [-0.1, -0.05) is 0 Å². The predicted molar refractivity (Wildman–Crippen MR) is 91.4 cm³/mol. The first-order valence-electron chi connectivity index (χ1n) is 7.04. The van der Waals surface area contributed by atoms with Crippen molar-refractivity contribution in [1.82, 2.24) is 25.2 Å². The Hall–Kier alpha value is -2.09. The summed E-state index contributed by atoms with van der Waals surface area (Å²) in [7, 11) is 7.73. The molecule has 0 radical (unpaired) electrons. The fourth-order valence-corrected chi connectivity index (χ4v) is 2.76. The average Bonchev–Trinajstić information content (AvgIpc) is 3.05. The number of nitrogens with zero attached hydrogens (tertiary/aromatic N) is 5. The maximum absolute atomic E-state index is 4.43. The minimum atomic E-state index is 0.661. The lowest BCUT2D eigenvalue weighted by Gasteiger charge is -2.14. The van der Waals surface area contributed by atoms with Gasteiger partial charge in [-0.3, -0.25) is 4.99 Å². The second kappa shape index (κ2) is 7.26. The molecule has 0 spiro atoms. The molecular formula is C14H23N7S. The van der Waals surface area contributed by atoms with E-state index in [1.807, 2.05) is 44.5 Å². The Labute approximate surface area is 135 Å². The zero-order chi connectivity index (χ0) is 16.1. The molecule has 7 nitrogen and oxygen atoms in total. The van der Waals surface area contributed by atoms with Crippen LogP contribution in [0.4, 0.5) is 5.95 Å². The van der Waals surface area contributed by atoms with Crippen LogP contribution in [0.5, 0.6) is 0 Å². The van der Waals surface area contributed by atoms with Crippen molar-refractivity contribution in [1.29, 1.82) is 0 Å². The van der Waals surface area contributed by atoms with Crippen molar-refractivity contribution < 1.29 is 0 Å². The van der Waals surface area contributed by atoms with Crippen molar-refractivity contribution in [2.24, 2.45) is 12.0 Å². The highest BCUT2D eigenvalue weighted by Gasteiger charge is 2.08. The molecule has 0 bridgehead atoms. The second-order valence-electron chi connectivity index (χ2n) is 5.16. The number of imidazole rings is 1. The minimum absolute atomic E-state index is 0.661. The van der Waals surface area contributed by atoms with Gasteiger partial charge in [0, 0.05) is 39.3 Å². The summed E-state index contributed by atoms with van der Waals surface area (Å²) in [4.78, 5) is 15.0. The van der Waals surface area contributed by atoms with Crippen molar-refractivity contribution in [3.63, 3.8) is 0 Å². The lowest BCUT2D eigenvalue weighted by molar-refractivity contribution is 0.742. The minimum Gasteiger partial charge on any atom is -0.351 e. The molecule has 0 atom stereocenters. The first-order chi connectivity index (χ1) is 10.5. The number of anilines is 1. The zero-order valence-electron chi connectivity index (χ0n) is 13.7. The Balaban J connectivity index is 1.89. The summed E-state index contributed by atoms with van der Waals surface area (Å²) >= 11 is 1.65. The summed E-state index contributed by atoms with van der Waals surface area (Å²) in [6.45, 7) is 3.33. The number of nitrogens with one attached hydrogen (secondary N) is 2. The van der Waals surface area contributed by atoms with Gasteiger partial charge in [0.1, 0.15) is 5.01 Å². The van der Waals surface area contributed by atoms with Crippen molar-refractivity contribution >= 4 is 23.2 Å². The van der Waals surface area contributed by atoms with E-state index in [9.17, 15) is 0 Å². The third-order valence-corrected chi connectivity index (χ3v) is 4.16. The second-order valence-corrected chi connectivity index (χ2v) is 6.11. The van der Waals surface area contributed by atoms with Crippen LogP contribution in [0.3, 0.4) is 0 Å². The van der Waals surface area contributed by atoms with Gasteiger partial charge in [0.2, 0.25) is 5.95 Å². The third kappa shape index (κ3) is 3.97. The van der Waals surface area contributed by atoms with Crippen LogP contribution in [0.15, 0.2) is 16.6 Å². The maximum atomic E-state index is 4.43. The molecule has 2 aromatic heterocycles. The van der Waals surface area contributed by atoms with E-state index in [1.165, 1.54) is 0 Å². The van der Waals surface area contributed by atoms with Gasteiger partial charge in [-0.15, -0.1) is 11.3 Å². The lowest BCUT2D eigenvalue weighted by atomic mass is 10.4. The summed E-state index contributed by atoms with van der Waals surface area (Å²) in [5, 5.41) is 9.66. The van der Waals surface area contributed by atoms with Gasteiger partial charge in [-0.25, -0.2) is 9.97 Å². The topological polar surface area (TPSA) is 70.4 Å². The first kappa shape index (κ1) is 16.3. The van der Waals surface area contributed by atoms with Gasteiger partial charge in [-0.05, 0) is 6.92 Å². The highest BCUT2D eigenvalue weighted by atomic mass is 32.1. The summed E-state index contributed by atoms with van der Waals surface area (Å²) in [5.74, 6) is 1.68. The van der Waals surface area contributed by atoms with Crippen LogP contribution in [0.1, 0.15) is 16.4 Å². The lowest BCUT2D eigenvalue weighted by Crippen LogP contribution is -2.36. The number of hydrogen-bond donors (Lipinski definition) is 2. The van der Waals surface area contributed by atoms with Gasteiger partial charge in [0.05, 0.1) is 25.0 Å². The fraction of sp³-hybridized carbons (Fsp3) is 0.500. The summed E-state index contributed by atoms with van der Waals surface area (Å²) < 4.78 is 2.06. The number of aliphatic imine (C=N–C) groups is 1. The molecule has 0 aromatic carbocycles. The smallest absolute Gasteiger partial charge is 0.204 e. The number of thiazole rings is 1. The number of aryl methyl sites for hydroxylation is 1. The molecule has 120 valence electrons. The quantitative estimate of drug-likeness (QED) is 0.638. The van der Waals surface area contributed by atoms with E-state index in [0.717, 1.165) is 28.3 Å². The Bertz CT molecular complexity index is 641. The highest BCUT2D eigenvalue weighted by Crippen LogP contribution is 2.10. The summed E-state index contributed by atoms with van der Waals surface area (Å²) in [6, 6.07) is 0. The number of aromatic nitrogens is 3. The van der Waals surface area contributed by atoms with Crippen LogP contribution in [0.25, 0.3) is 0 Å². The van der Waals surface area contributed by atoms with Gasteiger partial charge in [0.15, 0.2) is 5.96 Å². The van der Waals surface area contributed by atoms with Crippen LogP contribution in [0, 0.1) is 6.92 Å². The molecule has 2 heterocycles. The number of hydrogen-bond acceptors (Lipinski definition) is 5. The summed E-state index contributed by atoms with van der Waals surface area (Å²) in [6.07, 6.45) is 1.87. The van der Waals surface area contributed by atoms with Crippen LogP contribution in [0.2, 0.25) is 0 Å². The van der Waals surface area contributed by atoms with Gasteiger partial charge >= 0.3 is 0 Å². The molecular weight excluding hydrogens is 298 g/mol. The SMILES string of the molecule is CN=C(NCc1nc(C)cs1)NCc1cnc(N(C)C)n1C. The number of rotatable bonds is 5. The molecule has 0 saturated heterocycles. The van der Waals surface area contributed by atoms with E-state index in [4.69, 9.17) is 0 Å². The number of guanidine groups is 1. The Kier molecular flexibility index (Phi) is 5.37. The molecule has 0 aliphatic rings. The van der Waals surface area contributed by atoms with E-state index < -0.39 is 0 Å². The average molecular weight is 321 g/mol. The van der Waals surface area contributed by atoms with E-state index in [-0.39, 0.29) is 0 Å². The van der Waals surface area contributed by atoms with E-state index >= 15 is 0 Å². The molecule has 2 aromatic rings. The van der Waals surface area contributed by atoms with E-state index in [1.54, 1.807) is 18.4 Å². The molecule has 0 aliphatic carbocycles. The molecule has 22 heavy (non-hydrogen) atoms. The third-order valence-electron chi connectivity index (χ3n) is 3.19. The van der Waals surface area contributed by atoms with Crippen molar-refractivity contribution in [3.05, 3.63) is 28.0 Å². The van der Waals surface area contributed by atoms with E-state index in [0.29, 0.717) is 13.1 Å². The molecule has 0 saturated carbocycles. The van der Waals surface area contributed by atoms with Gasteiger partial charge in [-0.2, -0.15) is 0 Å². The van der Waals surface area contributed by atoms with Crippen molar-refractivity contribution in [2.45, 2.75) is 20.0 Å². The van der Waals surface area contributed by atoms with Gasteiger partial charge < -0.3 is 20.1 Å². The fourth-order valence-electron chi connectivity index (χ4n) is 2.05. The highest BCUT2D eigenvalue weighted by molar-refractivity contribution is 7.09. The monoisotopic (exact) mass is 321 g/mol. The Morgan fingerprint density at radius 2 is 2.09 bits per heavy atom. The van der Waals surface area contributed by atoms with Crippen molar-refractivity contribution in [3.8, 4) is 0 Å². The predicted octanol–water partition coefficient (Wildman–Crippen LogP) is 1.12. The first-order valence-corrected chi connectivity index (χ1v) is 7.92. The van der Waals surface area contributed by atoms with Crippen LogP contribution in [-0.4, -0.2) is 41.6 Å². The zero-order valence-corrected chi connectivity index (χ0v) is 14.5. The van der Waals surface area contributed by atoms with Crippen molar-refractivity contribution in [2.75, 3.05) is 26.0 Å². The normalized spacial score (nSPS) is 11.6.